The molecule has 0 amide bonds. The van der Waals surface area contributed by atoms with E-state index in [1.54, 1.807) is 12.4 Å². The number of hydrogen-bond donors (Lipinski definition) is 0. The van der Waals surface area contributed by atoms with Gasteiger partial charge >= 0.3 is 0 Å². The van der Waals surface area contributed by atoms with Gasteiger partial charge in [-0.15, -0.1) is 5.10 Å². The fourth-order valence-corrected chi connectivity index (χ4v) is 4.36. The van der Waals surface area contributed by atoms with Crippen molar-refractivity contribution in [3.05, 3.63) is 82.3 Å². The summed E-state index contributed by atoms with van der Waals surface area (Å²) >= 11 is 12.0. The summed E-state index contributed by atoms with van der Waals surface area (Å²) < 4.78 is 4.58. The van der Waals surface area contributed by atoms with E-state index < -0.39 is 0 Å². The van der Waals surface area contributed by atoms with E-state index in [4.69, 9.17) is 28.9 Å². The molecule has 3 heterocycles. The molecule has 2 aromatic heterocycles. The van der Waals surface area contributed by atoms with Crippen LogP contribution >= 0.6 is 23.8 Å². The Morgan fingerprint density at radius 2 is 1.58 bits per heavy atom. The van der Waals surface area contributed by atoms with Crippen molar-refractivity contribution in [2.24, 2.45) is 0 Å². The number of nitrogens with zero attached hydrogens (tertiary/aromatic N) is 7. The number of piperazine rings is 1. The van der Waals surface area contributed by atoms with Crippen LogP contribution in [0.1, 0.15) is 5.56 Å². The van der Waals surface area contributed by atoms with Crippen LogP contribution in [-0.2, 0) is 6.67 Å². The first-order valence-electron chi connectivity index (χ1n) is 10.9. The molecule has 0 unspecified atom stereocenters. The molecule has 0 N–H and O–H groups in total. The van der Waals surface area contributed by atoms with Gasteiger partial charge in [-0.05, 0) is 49.5 Å². The Balaban J connectivity index is 1.42. The Morgan fingerprint density at radius 1 is 0.909 bits per heavy atom. The number of aryl methyl sites for hydroxylation is 1. The maximum Gasteiger partial charge on any atom is 0.225 e. The Hall–Kier alpha value is -3.07. The fourth-order valence-electron chi connectivity index (χ4n) is 3.95. The molecular formula is C24H24ClN7S. The molecule has 0 aliphatic carbocycles. The van der Waals surface area contributed by atoms with Crippen molar-refractivity contribution in [1.29, 1.82) is 0 Å². The lowest BCUT2D eigenvalue weighted by Gasteiger charge is -2.34. The smallest absolute Gasteiger partial charge is 0.225 e. The van der Waals surface area contributed by atoms with Crippen molar-refractivity contribution in [2.75, 3.05) is 31.1 Å². The Bertz CT molecular complexity index is 1280. The van der Waals surface area contributed by atoms with Crippen molar-refractivity contribution in [2.45, 2.75) is 13.6 Å². The van der Waals surface area contributed by atoms with Crippen molar-refractivity contribution in [3.8, 4) is 17.1 Å². The first kappa shape index (κ1) is 21.8. The van der Waals surface area contributed by atoms with Gasteiger partial charge in [-0.25, -0.2) is 14.6 Å². The molecule has 168 valence electrons. The lowest BCUT2D eigenvalue weighted by molar-refractivity contribution is 0.193. The van der Waals surface area contributed by atoms with E-state index in [0.29, 0.717) is 16.5 Å². The third kappa shape index (κ3) is 4.68. The molecule has 7 nitrogen and oxygen atoms in total. The molecule has 1 aliphatic heterocycles. The van der Waals surface area contributed by atoms with Crippen LogP contribution < -0.4 is 4.90 Å². The van der Waals surface area contributed by atoms with E-state index in [-0.39, 0.29) is 0 Å². The van der Waals surface area contributed by atoms with Gasteiger partial charge in [-0.1, -0.05) is 41.4 Å². The number of rotatable bonds is 5. The molecule has 1 fully saturated rings. The quantitative estimate of drug-likeness (QED) is 0.391. The summed E-state index contributed by atoms with van der Waals surface area (Å²) in [7, 11) is 0. The average molecular weight is 478 g/mol. The van der Waals surface area contributed by atoms with Crippen LogP contribution in [0.5, 0.6) is 0 Å². The van der Waals surface area contributed by atoms with Gasteiger partial charge in [0.15, 0.2) is 5.82 Å². The number of halogens is 1. The molecule has 1 saturated heterocycles. The molecule has 5 rings (SSSR count). The van der Waals surface area contributed by atoms with Crippen LogP contribution in [-0.4, -0.2) is 55.4 Å². The van der Waals surface area contributed by atoms with E-state index in [9.17, 15) is 0 Å². The van der Waals surface area contributed by atoms with Crippen molar-refractivity contribution < 1.29 is 0 Å². The Kier molecular flexibility index (Phi) is 6.22. The summed E-state index contributed by atoms with van der Waals surface area (Å²) in [5.41, 5.74) is 3.17. The van der Waals surface area contributed by atoms with Gasteiger partial charge < -0.3 is 4.90 Å². The predicted octanol–water partition coefficient (Wildman–Crippen LogP) is 4.60. The molecule has 9 heteroatoms. The number of aromatic nitrogens is 5. The summed E-state index contributed by atoms with van der Waals surface area (Å²) in [6.07, 6.45) is 3.56. The average Bonchev–Trinajstić information content (AvgIpc) is 3.17. The standard InChI is InChI=1S/C24H24ClN7S/c1-18-3-5-19(6-4-18)22-28-31(24(33)32(22)21-9-7-20(25)8-10-21)17-29-13-15-30(16-14-29)23-26-11-2-12-27-23/h2-12H,13-17H2,1H3. The van der Waals surface area contributed by atoms with Gasteiger partial charge in [0.25, 0.3) is 0 Å². The first-order chi connectivity index (χ1) is 16.1. The van der Waals surface area contributed by atoms with E-state index in [2.05, 4.69) is 51.0 Å². The van der Waals surface area contributed by atoms with Crippen LogP contribution in [0.25, 0.3) is 17.1 Å². The minimum atomic E-state index is 0.627. The van der Waals surface area contributed by atoms with Gasteiger partial charge in [0.2, 0.25) is 10.7 Å². The van der Waals surface area contributed by atoms with E-state index >= 15 is 0 Å². The third-order valence-corrected chi connectivity index (χ3v) is 6.42. The highest BCUT2D eigenvalue weighted by Gasteiger charge is 2.21. The van der Waals surface area contributed by atoms with Crippen LogP contribution in [0.15, 0.2) is 67.0 Å². The van der Waals surface area contributed by atoms with E-state index in [0.717, 1.165) is 49.2 Å². The predicted molar refractivity (Wildman–Crippen MR) is 133 cm³/mol. The highest BCUT2D eigenvalue weighted by molar-refractivity contribution is 7.71. The minimum absolute atomic E-state index is 0.627. The van der Waals surface area contributed by atoms with Gasteiger partial charge in [-0.2, -0.15) is 0 Å². The zero-order valence-electron chi connectivity index (χ0n) is 18.3. The largest absolute Gasteiger partial charge is 0.338 e. The van der Waals surface area contributed by atoms with E-state index in [1.807, 2.05) is 39.6 Å². The fraction of sp³-hybridized carbons (Fsp3) is 0.250. The molecule has 0 spiro atoms. The third-order valence-electron chi connectivity index (χ3n) is 5.78. The summed E-state index contributed by atoms with van der Waals surface area (Å²) in [4.78, 5) is 13.3. The summed E-state index contributed by atoms with van der Waals surface area (Å²) in [6.45, 7) is 6.19. The van der Waals surface area contributed by atoms with Crippen molar-refractivity contribution >= 4 is 29.8 Å². The molecule has 1 aliphatic rings. The molecule has 0 bridgehead atoms. The van der Waals surface area contributed by atoms with Crippen LogP contribution in [0.3, 0.4) is 0 Å². The number of anilines is 1. The van der Waals surface area contributed by atoms with E-state index in [1.165, 1.54) is 5.56 Å². The lowest BCUT2D eigenvalue weighted by Crippen LogP contribution is -2.47. The molecule has 2 aromatic carbocycles. The summed E-state index contributed by atoms with van der Waals surface area (Å²) in [5, 5.41) is 5.63. The highest BCUT2D eigenvalue weighted by atomic mass is 35.5. The van der Waals surface area contributed by atoms with Gasteiger partial charge in [0.1, 0.15) is 0 Å². The number of hydrogen-bond acceptors (Lipinski definition) is 6. The summed E-state index contributed by atoms with van der Waals surface area (Å²) in [6, 6.07) is 17.9. The lowest BCUT2D eigenvalue weighted by atomic mass is 10.1. The normalized spacial score (nSPS) is 14.5. The molecule has 0 radical (unpaired) electrons. The van der Waals surface area contributed by atoms with Gasteiger partial charge in [0.05, 0.1) is 12.4 Å². The topological polar surface area (TPSA) is 55.0 Å². The second-order valence-corrected chi connectivity index (χ2v) is 8.88. The number of benzene rings is 2. The zero-order chi connectivity index (χ0) is 22.8. The van der Waals surface area contributed by atoms with Crippen LogP contribution in [0.4, 0.5) is 5.95 Å². The second-order valence-electron chi connectivity index (χ2n) is 8.08. The molecular weight excluding hydrogens is 454 g/mol. The molecule has 0 atom stereocenters. The molecule has 33 heavy (non-hydrogen) atoms. The van der Waals surface area contributed by atoms with Crippen LogP contribution in [0, 0.1) is 11.7 Å². The molecule has 4 aromatic rings. The molecule has 0 saturated carbocycles. The Morgan fingerprint density at radius 3 is 2.24 bits per heavy atom. The highest BCUT2D eigenvalue weighted by Crippen LogP contribution is 2.24. The zero-order valence-corrected chi connectivity index (χ0v) is 19.9. The van der Waals surface area contributed by atoms with Crippen molar-refractivity contribution in [1.82, 2.24) is 29.2 Å². The van der Waals surface area contributed by atoms with Gasteiger partial charge in [-0.3, -0.25) is 9.47 Å². The first-order valence-corrected chi connectivity index (χ1v) is 11.6. The maximum absolute atomic E-state index is 6.13. The maximum atomic E-state index is 6.13. The summed E-state index contributed by atoms with van der Waals surface area (Å²) in [5.74, 6) is 1.60. The monoisotopic (exact) mass is 477 g/mol. The van der Waals surface area contributed by atoms with Crippen molar-refractivity contribution in [3.63, 3.8) is 0 Å². The minimum Gasteiger partial charge on any atom is -0.338 e. The second kappa shape index (κ2) is 9.43. The van der Waals surface area contributed by atoms with Gasteiger partial charge in [0, 0.05) is 49.2 Å². The SMILES string of the molecule is Cc1ccc(-c2nn(CN3CCN(c4ncccn4)CC3)c(=S)n2-c2ccc(Cl)cc2)cc1. The Labute approximate surface area is 202 Å². The van der Waals surface area contributed by atoms with Crippen LogP contribution in [0.2, 0.25) is 5.02 Å².